The summed E-state index contributed by atoms with van der Waals surface area (Å²) in [6.45, 7) is 6.56. The lowest BCUT2D eigenvalue weighted by molar-refractivity contribution is -0.130. The second kappa shape index (κ2) is 9.13. The Morgan fingerprint density at radius 2 is 1.91 bits per heavy atom. The molecule has 9 heteroatoms. The number of methoxy groups -OCH3 is 2. The zero-order valence-electron chi connectivity index (χ0n) is 20.3. The van der Waals surface area contributed by atoms with Gasteiger partial charge in [0.05, 0.1) is 26.9 Å². The van der Waals surface area contributed by atoms with Gasteiger partial charge in [-0.05, 0) is 57.4 Å². The third-order valence-corrected chi connectivity index (χ3v) is 6.82. The van der Waals surface area contributed by atoms with Gasteiger partial charge in [-0.1, -0.05) is 6.07 Å². The number of aryl methyl sites for hydroxylation is 1. The van der Waals surface area contributed by atoms with Gasteiger partial charge in [-0.2, -0.15) is 0 Å². The van der Waals surface area contributed by atoms with Gasteiger partial charge in [0.15, 0.2) is 17.3 Å². The van der Waals surface area contributed by atoms with E-state index in [4.69, 9.17) is 14.2 Å². The zero-order chi connectivity index (χ0) is 24.6. The van der Waals surface area contributed by atoms with Gasteiger partial charge in [-0.3, -0.25) is 14.5 Å². The number of hydrogen-bond donors (Lipinski definition) is 1. The van der Waals surface area contributed by atoms with Crippen LogP contribution in [0, 0.1) is 13.8 Å². The number of ketones is 1. The van der Waals surface area contributed by atoms with Gasteiger partial charge in [0.1, 0.15) is 5.54 Å². The van der Waals surface area contributed by atoms with Crippen molar-refractivity contribution in [2.24, 2.45) is 0 Å². The Kier molecular flexibility index (Phi) is 6.40. The highest BCUT2D eigenvalue weighted by molar-refractivity contribution is 6.11. The first-order valence-electron chi connectivity index (χ1n) is 11.4. The van der Waals surface area contributed by atoms with Gasteiger partial charge in [-0.25, -0.2) is 4.79 Å². The third-order valence-electron chi connectivity index (χ3n) is 6.82. The molecule has 0 radical (unpaired) electrons. The Hall–Kier alpha value is -3.33. The lowest BCUT2D eigenvalue weighted by Crippen LogP contribution is -2.41. The van der Waals surface area contributed by atoms with Crippen molar-refractivity contribution in [3.05, 3.63) is 46.8 Å². The fraction of sp³-hybridized carbons (Fsp3) is 0.480. The maximum absolute atomic E-state index is 13.3. The number of nitrogens with one attached hydrogen (secondary N) is 1. The molecule has 2 saturated heterocycles. The van der Waals surface area contributed by atoms with Crippen molar-refractivity contribution in [1.29, 1.82) is 0 Å². The molecule has 4 rings (SSSR count). The first kappa shape index (κ1) is 23.8. The quantitative estimate of drug-likeness (QED) is 0.471. The molecule has 2 aliphatic heterocycles. The van der Waals surface area contributed by atoms with Gasteiger partial charge in [-0.15, -0.1) is 0 Å². The smallest absolute Gasteiger partial charge is 0.325 e. The number of rotatable bonds is 8. The molecule has 182 valence electrons. The predicted molar refractivity (Wildman–Crippen MR) is 124 cm³/mol. The average molecular weight is 470 g/mol. The molecule has 9 nitrogen and oxygen atoms in total. The van der Waals surface area contributed by atoms with E-state index >= 15 is 0 Å². The fourth-order valence-electron chi connectivity index (χ4n) is 4.77. The van der Waals surface area contributed by atoms with Gasteiger partial charge in [0.25, 0.3) is 5.91 Å². The lowest BCUT2D eigenvalue weighted by atomic mass is 9.91. The van der Waals surface area contributed by atoms with E-state index in [1.165, 1.54) is 14.2 Å². The predicted octanol–water partition coefficient (Wildman–Crippen LogP) is 2.95. The maximum atomic E-state index is 13.3. The standard InChI is InChI=1S/C25H31N3O6/c1-15-11-19(16(2)27(15)13-18-7-6-10-34-18)20(29)14-28-23(30)25(3,26-24(28)31)17-8-9-21(32-4)22(12-17)33-5/h8-9,11-12,18H,6-7,10,13-14H2,1-5H3,(H,26,31). The Balaban J connectivity index is 1.54. The molecule has 3 heterocycles. The zero-order valence-corrected chi connectivity index (χ0v) is 20.3. The molecule has 0 spiro atoms. The molecule has 0 bridgehead atoms. The molecular weight excluding hydrogens is 438 g/mol. The van der Waals surface area contributed by atoms with Gasteiger partial charge < -0.3 is 24.1 Å². The third kappa shape index (κ3) is 4.04. The van der Waals surface area contributed by atoms with E-state index in [1.807, 2.05) is 19.9 Å². The Bertz CT molecular complexity index is 1130. The fourth-order valence-corrected chi connectivity index (χ4v) is 4.77. The SMILES string of the molecule is COc1ccc(C2(C)NC(=O)N(CC(=O)c3cc(C)n(CC4CCCO4)c3C)C2=O)cc1OC. The molecule has 3 amide bonds. The summed E-state index contributed by atoms with van der Waals surface area (Å²) in [5.41, 5.74) is 1.48. The molecule has 2 fully saturated rings. The van der Waals surface area contributed by atoms with Crippen LogP contribution in [0.2, 0.25) is 0 Å². The molecule has 1 N–H and O–H groups in total. The van der Waals surface area contributed by atoms with Crippen LogP contribution in [0.4, 0.5) is 4.79 Å². The first-order valence-corrected chi connectivity index (χ1v) is 11.4. The second-order valence-electron chi connectivity index (χ2n) is 8.97. The Labute approximate surface area is 199 Å². The number of nitrogens with zero attached hydrogens (tertiary/aromatic N) is 2. The van der Waals surface area contributed by atoms with Crippen molar-refractivity contribution < 1.29 is 28.6 Å². The topological polar surface area (TPSA) is 99.1 Å². The second-order valence-corrected chi connectivity index (χ2v) is 8.97. The molecule has 2 aromatic rings. The van der Waals surface area contributed by atoms with E-state index in [1.54, 1.807) is 25.1 Å². The summed E-state index contributed by atoms with van der Waals surface area (Å²) in [5.74, 6) is 0.173. The van der Waals surface area contributed by atoms with Gasteiger partial charge >= 0.3 is 6.03 Å². The van der Waals surface area contributed by atoms with Crippen LogP contribution in [0.3, 0.4) is 0 Å². The number of imide groups is 1. The summed E-state index contributed by atoms with van der Waals surface area (Å²) in [7, 11) is 3.02. The molecule has 0 saturated carbocycles. The molecule has 2 aliphatic rings. The van der Waals surface area contributed by atoms with Crippen LogP contribution in [-0.4, -0.2) is 60.7 Å². The number of aromatic nitrogens is 1. The van der Waals surface area contributed by atoms with E-state index < -0.39 is 17.5 Å². The summed E-state index contributed by atoms with van der Waals surface area (Å²) in [5, 5.41) is 2.74. The number of carbonyl (C=O) groups excluding carboxylic acids is 3. The number of hydrogen-bond acceptors (Lipinski definition) is 6. The average Bonchev–Trinajstić information content (AvgIpc) is 3.50. The van der Waals surface area contributed by atoms with Gasteiger partial charge in [0, 0.05) is 30.1 Å². The monoisotopic (exact) mass is 469 g/mol. The largest absolute Gasteiger partial charge is 0.493 e. The van der Waals surface area contributed by atoms with Crippen LogP contribution >= 0.6 is 0 Å². The van der Waals surface area contributed by atoms with Crippen molar-refractivity contribution in [1.82, 2.24) is 14.8 Å². The van der Waals surface area contributed by atoms with E-state index in [2.05, 4.69) is 9.88 Å². The number of ether oxygens (including phenoxy) is 3. The summed E-state index contributed by atoms with van der Waals surface area (Å²) in [6, 6.07) is 6.24. The Morgan fingerprint density at radius 1 is 1.18 bits per heavy atom. The minimum absolute atomic E-state index is 0.140. The van der Waals surface area contributed by atoms with E-state index in [-0.39, 0.29) is 18.4 Å². The van der Waals surface area contributed by atoms with Crippen LogP contribution in [-0.2, 0) is 21.6 Å². The van der Waals surface area contributed by atoms with Crippen LogP contribution < -0.4 is 14.8 Å². The van der Waals surface area contributed by atoms with Crippen LogP contribution in [0.5, 0.6) is 11.5 Å². The molecule has 2 atom stereocenters. The summed E-state index contributed by atoms with van der Waals surface area (Å²) in [6.07, 6.45) is 2.18. The lowest BCUT2D eigenvalue weighted by Gasteiger charge is -2.23. The number of Topliss-reactive ketones (excluding diaryl/α,β-unsaturated/α-hetero) is 1. The normalized spacial score (nSPS) is 22.3. The van der Waals surface area contributed by atoms with Crippen molar-refractivity contribution in [2.45, 2.75) is 51.8 Å². The molecule has 1 aromatic heterocycles. The summed E-state index contributed by atoms with van der Waals surface area (Å²) >= 11 is 0. The van der Waals surface area contributed by atoms with E-state index in [9.17, 15) is 14.4 Å². The number of benzene rings is 1. The molecule has 2 unspecified atom stereocenters. The van der Waals surface area contributed by atoms with Crippen LogP contribution in [0.1, 0.15) is 47.1 Å². The van der Waals surface area contributed by atoms with Crippen LogP contribution in [0.25, 0.3) is 0 Å². The van der Waals surface area contributed by atoms with Crippen molar-refractivity contribution in [3.8, 4) is 11.5 Å². The highest BCUT2D eigenvalue weighted by Gasteiger charge is 2.50. The minimum atomic E-state index is -1.33. The molecular formula is C25H31N3O6. The first-order chi connectivity index (χ1) is 16.2. The van der Waals surface area contributed by atoms with Gasteiger partial charge in [0.2, 0.25) is 0 Å². The highest BCUT2D eigenvalue weighted by Crippen LogP contribution is 2.35. The van der Waals surface area contributed by atoms with Crippen molar-refractivity contribution >= 4 is 17.7 Å². The summed E-state index contributed by atoms with van der Waals surface area (Å²) < 4.78 is 18.4. The number of amides is 3. The van der Waals surface area contributed by atoms with Crippen molar-refractivity contribution in [2.75, 3.05) is 27.4 Å². The molecule has 34 heavy (non-hydrogen) atoms. The maximum Gasteiger partial charge on any atom is 0.325 e. The minimum Gasteiger partial charge on any atom is -0.493 e. The number of urea groups is 1. The highest BCUT2D eigenvalue weighted by atomic mass is 16.5. The summed E-state index contributed by atoms with van der Waals surface area (Å²) in [4.78, 5) is 40.3. The van der Waals surface area contributed by atoms with E-state index in [0.717, 1.165) is 35.7 Å². The van der Waals surface area contributed by atoms with Crippen LogP contribution in [0.15, 0.2) is 24.3 Å². The van der Waals surface area contributed by atoms with Crippen molar-refractivity contribution in [3.63, 3.8) is 0 Å². The number of carbonyl (C=O) groups is 3. The van der Waals surface area contributed by atoms with E-state index in [0.29, 0.717) is 29.2 Å². The molecule has 0 aliphatic carbocycles. The molecule has 1 aromatic carbocycles. The Morgan fingerprint density at radius 3 is 2.56 bits per heavy atom.